The molecule has 0 aliphatic carbocycles. The van der Waals surface area contributed by atoms with E-state index in [1.807, 2.05) is 0 Å². The smallest absolute Gasteiger partial charge is 0.288 e. The molecule has 1 atom stereocenters. The molecule has 0 saturated carbocycles. The number of rotatable bonds is 23. The fourth-order valence-electron chi connectivity index (χ4n) is 3.81. The van der Waals surface area contributed by atoms with E-state index in [1.54, 1.807) is 0 Å². The number of ketones is 1. The van der Waals surface area contributed by atoms with E-state index in [-0.39, 0.29) is 30.7 Å². The number of guanidine groups is 1. The molecule has 8 nitrogen and oxygen atoms in total. The second-order valence-electron chi connectivity index (χ2n) is 9.22. The lowest BCUT2D eigenvalue weighted by molar-refractivity contribution is -0.139. The van der Waals surface area contributed by atoms with Crippen LogP contribution >= 0.6 is 12.4 Å². The van der Waals surface area contributed by atoms with E-state index in [9.17, 15) is 14.4 Å². The molecule has 2 amide bonds. The molecular weight excluding hydrogens is 466 g/mol. The fourth-order valence-corrected chi connectivity index (χ4v) is 3.81. The number of amides is 2. The Labute approximate surface area is 219 Å². The van der Waals surface area contributed by atoms with Gasteiger partial charge in [0.2, 0.25) is 11.7 Å². The van der Waals surface area contributed by atoms with Crippen LogP contribution in [-0.4, -0.2) is 42.7 Å². The Morgan fingerprint density at radius 1 is 0.714 bits per heavy atom. The van der Waals surface area contributed by atoms with E-state index in [4.69, 9.17) is 11.1 Å². The highest BCUT2D eigenvalue weighted by atomic mass is 35.5. The number of nitrogens with two attached hydrogens (primary N) is 1. The third-order valence-corrected chi connectivity index (χ3v) is 5.95. The maximum absolute atomic E-state index is 12.7. The van der Waals surface area contributed by atoms with E-state index in [0.29, 0.717) is 32.4 Å². The molecule has 0 saturated heterocycles. The predicted molar refractivity (Wildman–Crippen MR) is 147 cm³/mol. The molecule has 0 spiro atoms. The van der Waals surface area contributed by atoms with Crippen LogP contribution in [0.25, 0.3) is 0 Å². The second kappa shape index (κ2) is 25.3. The minimum absolute atomic E-state index is 0. The van der Waals surface area contributed by atoms with Gasteiger partial charge in [-0.25, -0.2) is 0 Å². The van der Waals surface area contributed by atoms with Crippen molar-refractivity contribution >= 4 is 36.0 Å². The van der Waals surface area contributed by atoms with Crippen LogP contribution < -0.4 is 21.7 Å². The first kappa shape index (κ1) is 35.3. The summed E-state index contributed by atoms with van der Waals surface area (Å²) in [5, 5.41) is 15.4. The van der Waals surface area contributed by atoms with Crippen molar-refractivity contribution in [3.05, 3.63) is 0 Å². The van der Waals surface area contributed by atoms with Crippen LogP contribution in [0.1, 0.15) is 123 Å². The molecule has 0 bridgehead atoms. The van der Waals surface area contributed by atoms with Gasteiger partial charge in [-0.2, -0.15) is 0 Å². The minimum atomic E-state index is -0.760. The molecule has 0 aromatic rings. The van der Waals surface area contributed by atoms with Crippen molar-refractivity contribution in [2.24, 2.45) is 5.73 Å². The van der Waals surface area contributed by atoms with Gasteiger partial charge in [0.15, 0.2) is 5.96 Å². The lowest BCUT2D eigenvalue weighted by Crippen LogP contribution is -2.49. The molecule has 0 aromatic carbocycles. The molecule has 0 radical (unpaired) electrons. The summed E-state index contributed by atoms with van der Waals surface area (Å²) >= 11 is 0. The largest absolute Gasteiger partial charge is 0.370 e. The summed E-state index contributed by atoms with van der Waals surface area (Å²) in [6, 6.07) is -0.760. The Balaban J connectivity index is 0. The van der Waals surface area contributed by atoms with Crippen LogP contribution in [0.3, 0.4) is 0 Å². The summed E-state index contributed by atoms with van der Waals surface area (Å²) < 4.78 is 0. The number of unbranched alkanes of at least 4 members (excludes halogenated alkanes) is 12. The summed E-state index contributed by atoms with van der Waals surface area (Å²) in [6.45, 7) is 5.32. The number of nitrogens with one attached hydrogen (secondary N) is 4. The monoisotopic (exact) mass is 517 g/mol. The van der Waals surface area contributed by atoms with Crippen LogP contribution in [0.15, 0.2) is 0 Å². The maximum atomic E-state index is 12.7. The summed E-state index contributed by atoms with van der Waals surface area (Å²) in [7, 11) is 0. The van der Waals surface area contributed by atoms with Gasteiger partial charge in [-0.15, -0.1) is 12.4 Å². The van der Waals surface area contributed by atoms with E-state index in [2.05, 4.69) is 29.8 Å². The van der Waals surface area contributed by atoms with Gasteiger partial charge in [0.25, 0.3) is 5.91 Å². The summed E-state index contributed by atoms with van der Waals surface area (Å²) in [4.78, 5) is 37.1. The molecule has 0 fully saturated rings. The summed E-state index contributed by atoms with van der Waals surface area (Å²) in [6.07, 6.45) is 17.1. The first-order chi connectivity index (χ1) is 16.4. The van der Waals surface area contributed by atoms with Gasteiger partial charge < -0.3 is 21.7 Å². The van der Waals surface area contributed by atoms with Crippen LogP contribution in [0.4, 0.5) is 0 Å². The number of hydrogen-bond donors (Lipinski definition) is 5. The Morgan fingerprint density at radius 3 is 1.74 bits per heavy atom. The number of carbonyl (C=O) groups is 3. The highest BCUT2D eigenvalue weighted by Gasteiger charge is 2.23. The molecule has 206 valence electrons. The van der Waals surface area contributed by atoms with E-state index >= 15 is 0 Å². The van der Waals surface area contributed by atoms with E-state index in [1.165, 1.54) is 51.4 Å². The number of hydrogen-bond acceptors (Lipinski definition) is 4. The molecule has 35 heavy (non-hydrogen) atoms. The Kier molecular flexibility index (Phi) is 25.5. The first-order valence-electron chi connectivity index (χ1n) is 13.6. The van der Waals surface area contributed by atoms with Crippen molar-refractivity contribution in [2.45, 2.75) is 129 Å². The SMILES string of the molecule is CCCCCCCCCCCCNC(=O)[C@H](CCCNC(=N)N)NC(=O)C(=O)CCCCCC.Cl. The van der Waals surface area contributed by atoms with Gasteiger partial charge in [0.05, 0.1) is 0 Å². The van der Waals surface area contributed by atoms with Crippen molar-refractivity contribution in [2.75, 3.05) is 13.1 Å². The molecule has 0 aliphatic heterocycles. The Bertz CT molecular complexity index is 575. The van der Waals surface area contributed by atoms with E-state index < -0.39 is 17.7 Å². The minimum Gasteiger partial charge on any atom is -0.370 e. The number of carbonyl (C=O) groups excluding carboxylic acids is 3. The van der Waals surface area contributed by atoms with Gasteiger partial charge >= 0.3 is 0 Å². The number of halogens is 1. The molecule has 0 unspecified atom stereocenters. The van der Waals surface area contributed by atoms with E-state index in [0.717, 1.165) is 32.1 Å². The lowest BCUT2D eigenvalue weighted by Gasteiger charge is -2.18. The topological polar surface area (TPSA) is 137 Å². The van der Waals surface area contributed by atoms with Gasteiger partial charge in [-0.1, -0.05) is 90.9 Å². The summed E-state index contributed by atoms with van der Waals surface area (Å²) in [5.41, 5.74) is 5.29. The average Bonchev–Trinajstić information content (AvgIpc) is 2.81. The zero-order valence-corrected chi connectivity index (χ0v) is 23.0. The van der Waals surface area contributed by atoms with Crippen LogP contribution in [-0.2, 0) is 14.4 Å². The van der Waals surface area contributed by atoms with Gasteiger partial charge in [0, 0.05) is 19.5 Å². The highest BCUT2D eigenvalue weighted by Crippen LogP contribution is 2.10. The third-order valence-electron chi connectivity index (χ3n) is 5.95. The zero-order chi connectivity index (χ0) is 25.4. The van der Waals surface area contributed by atoms with Crippen molar-refractivity contribution in [1.29, 1.82) is 5.41 Å². The highest BCUT2D eigenvalue weighted by molar-refractivity contribution is 6.36. The van der Waals surface area contributed by atoms with Crippen LogP contribution in [0.2, 0.25) is 0 Å². The molecule has 6 N–H and O–H groups in total. The second-order valence-corrected chi connectivity index (χ2v) is 9.22. The normalized spacial score (nSPS) is 11.3. The van der Waals surface area contributed by atoms with Crippen molar-refractivity contribution in [3.63, 3.8) is 0 Å². The molecule has 0 rings (SSSR count). The van der Waals surface area contributed by atoms with Gasteiger partial charge in [0.1, 0.15) is 6.04 Å². The van der Waals surface area contributed by atoms with Crippen molar-refractivity contribution in [1.82, 2.24) is 16.0 Å². The molecule has 0 heterocycles. The zero-order valence-electron chi connectivity index (χ0n) is 22.2. The lowest BCUT2D eigenvalue weighted by atomic mass is 10.1. The van der Waals surface area contributed by atoms with Crippen LogP contribution in [0.5, 0.6) is 0 Å². The molecule has 0 aliphatic rings. The molecular formula is C26H52ClN5O3. The third kappa shape index (κ3) is 22.4. The predicted octanol–water partition coefficient (Wildman–Crippen LogP) is 4.73. The van der Waals surface area contributed by atoms with Crippen molar-refractivity contribution < 1.29 is 14.4 Å². The maximum Gasteiger partial charge on any atom is 0.288 e. The first-order valence-corrected chi connectivity index (χ1v) is 13.6. The average molecular weight is 518 g/mol. The van der Waals surface area contributed by atoms with Gasteiger partial charge in [-0.05, 0) is 25.7 Å². The van der Waals surface area contributed by atoms with Gasteiger partial charge in [-0.3, -0.25) is 19.8 Å². The van der Waals surface area contributed by atoms with Crippen LogP contribution in [0, 0.1) is 5.41 Å². The Hall–Kier alpha value is -1.83. The standard InChI is InChI=1S/C26H51N5O3.ClH/c1-3-5-7-9-10-11-12-13-14-16-20-29-24(33)22(18-17-21-30-26(27)28)31-25(34)23(32)19-15-8-6-4-2;/h22H,3-21H2,1-2H3,(H,29,33)(H,31,34)(H4,27,28,30);1H/t22-;/m0./s1. The number of Topliss-reactive ketones (excluding diaryl/α,β-unsaturated/α-hetero) is 1. The quantitative estimate of drug-likeness (QED) is 0.0577. The van der Waals surface area contributed by atoms with Crippen molar-refractivity contribution in [3.8, 4) is 0 Å². The Morgan fingerprint density at radius 2 is 1.20 bits per heavy atom. The molecule has 0 aromatic heterocycles. The molecule has 9 heteroatoms. The summed E-state index contributed by atoms with van der Waals surface area (Å²) in [5.74, 6) is -1.54. The fraction of sp³-hybridized carbons (Fsp3) is 0.846.